The average Bonchev–Trinajstić information content (AvgIpc) is 2.66. The second kappa shape index (κ2) is 7.75. The van der Waals surface area contributed by atoms with E-state index >= 15 is 0 Å². The summed E-state index contributed by atoms with van der Waals surface area (Å²) < 4.78 is 0. The smallest absolute Gasteiger partial charge is 0.254 e. The molecule has 150 valence electrons. The van der Waals surface area contributed by atoms with Gasteiger partial charge in [0.1, 0.15) is 5.82 Å². The Balaban J connectivity index is 1.59. The van der Waals surface area contributed by atoms with E-state index in [0.29, 0.717) is 29.9 Å². The number of aromatic nitrogens is 3. The van der Waals surface area contributed by atoms with Crippen LogP contribution in [-0.2, 0) is 11.2 Å². The third kappa shape index (κ3) is 4.05. The lowest BCUT2D eigenvalue weighted by Crippen LogP contribution is -2.42. The fourth-order valence-electron chi connectivity index (χ4n) is 3.98. The monoisotopic (exact) mass is 392 g/mol. The van der Waals surface area contributed by atoms with Crippen LogP contribution in [0.15, 0.2) is 41.3 Å². The zero-order valence-electron chi connectivity index (χ0n) is 16.5. The van der Waals surface area contributed by atoms with Gasteiger partial charge in [-0.05, 0) is 50.3 Å². The van der Waals surface area contributed by atoms with Crippen molar-refractivity contribution in [2.45, 2.75) is 45.3 Å². The molecule has 3 aromatic rings. The Morgan fingerprint density at radius 3 is 2.79 bits per heavy atom. The van der Waals surface area contributed by atoms with E-state index in [1.54, 1.807) is 20.0 Å². The average molecular weight is 392 g/mol. The van der Waals surface area contributed by atoms with Crippen molar-refractivity contribution in [3.05, 3.63) is 69.5 Å². The van der Waals surface area contributed by atoms with Crippen LogP contribution in [0.5, 0.6) is 0 Å². The van der Waals surface area contributed by atoms with Gasteiger partial charge < -0.3 is 15.4 Å². The molecule has 1 aliphatic rings. The lowest BCUT2D eigenvalue weighted by atomic mass is 9.75. The normalized spacial score (nSPS) is 19.6. The van der Waals surface area contributed by atoms with Crippen molar-refractivity contribution in [1.82, 2.24) is 20.3 Å². The van der Waals surface area contributed by atoms with Crippen molar-refractivity contribution < 1.29 is 9.90 Å². The molecule has 7 nitrogen and oxygen atoms in total. The van der Waals surface area contributed by atoms with Gasteiger partial charge in [0.05, 0.1) is 24.1 Å². The molecule has 2 aromatic heterocycles. The first kappa shape index (κ1) is 19.3. The summed E-state index contributed by atoms with van der Waals surface area (Å²) in [4.78, 5) is 36.4. The quantitative estimate of drug-likeness (QED) is 0.616. The van der Waals surface area contributed by atoms with Gasteiger partial charge in [-0.1, -0.05) is 18.2 Å². The van der Waals surface area contributed by atoms with Gasteiger partial charge in [-0.15, -0.1) is 0 Å². The molecular formula is C22H24N4O3. The van der Waals surface area contributed by atoms with Crippen LogP contribution in [0.4, 0.5) is 0 Å². The maximum absolute atomic E-state index is 12.8. The lowest BCUT2D eigenvalue weighted by molar-refractivity contribution is -0.122. The number of H-pyrrole nitrogens is 1. The number of amides is 1. The Morgan fingerprint density at radius 1 is 1.31 bits per heavy atom. The molecule has 29 heavy (non-hydrogen) atoms. The van der Waals surface area contributed by atoms with Gasteiger partial charge in [0, 0.05) is 22.8 Å². The fraction of sp³-hybridized carbons (Fsp3) is 0.364. The standard InChI is InChI=1S/C22H24N4O3/c1-12-18(22(29)25-13(2)24-12)10-20(28)26-21(15-8-17(27)9-15)16-7-14-5-3-4-6-19(14)23-11-16/h3-7,11,15,17,21,27H,8-10H2,1-2H3,(H,26,28)(H,24,25,29)/t15?,17?,21-/m1/s1. The Morgan fingerprint density at radius 2 is 2.07 bits per heavy atom. The number of aryl methyl sites for hydroxylation is 2. The van der Waals surface area contributed by atoms with Crippen LogP contribution in [-0.4, -0.2) is 32.1 Å². The number of pyridine rings is 1. The fourth-order valence-corrected chi connectivity index (χ4v) is 3.98. The van der Waals surface area contributed by atoms with E-state index < -0.39 is 0 Å². The van der Waals surface area contributed by atoms with Gasteiger partial charge in [0.2, 0.25) is 5.91 Å². The van der Waals surface area contributed by atoms with Crippen LogP contribution < -0.4 is 10.9 Å². The molecule has 0 aliphatic heterocycles. The number of aromatic amines is 1. The number of aliphatic hydroxyl groups excluding tert-OH is 1. The first-order valence-electron chi connectivity index (χ1n) is 9.79. The molecular weight excluding hydrogens is 368 g/mol. The summed E-state index contributed by atoms with van der Waals surface area (Å²) in [5.74, 6) is 0.413. The minimum absolute atomic E-state index is 0.0404. The number of aliphatic hydroxyl groups is 1. The summed E-state index contributed by atoms with van der Waals surface area (Å²) in [6, 6.07) is 9.59. The van der Waals surface area contributed by atoms with Crippen LogP contribution in [0, 0.1) is 19.8 Å². The molecule has 0 saturated heterocycles. The van der Waals surface area contributed by atoms with Gasteiger partial charge in [-0.2, -0.15) is 0 Å². The first-order chi connectivity index (χ1) is 13.9. The summed E-state index contributed by atoms with van der Waals surface area (Å²) >= 11 is 0. The molecule has 1 saturated carbocycles. The second-order valence-electron chi connectivity index (χ2n) is 7.78. The molecule has 0 bridgehead atoms. The van der Waals surface area contributed by atoms with Crippen molar-refractivity contribution in [3.8, 4) is 0 Å². The van der Waals surface area contributed by atoms with Gasteiger partial charge in [-0.3, -0.25) is 14.6 Å². The van der Waals surface area contributed by atoms with E-state index in [2.05, 4.69) is 20.3 Å². The molecule has 7 heteroatoms. The number of carbonyl (C=O) groups excluding carboxylic acids is 1. The van der Waals surface area contributed by atoms with E-state index in [9.17, 15) is 14.7 Å². The first-order valence-corrected chi connectivity index (χ1v) is 9.79. The Kier molecular flexibility index (Phi) is 5.15. The van der Waals surface area contributed by atoms with E-state index in [-0.39, 0.29) is 36.0 Å². The molecule has 1 aliphatic carbocycles. The molecule has 0 radical (unpaired) electrons. The van der Waals surface area contributed by atoms with Crippen LogP contribution in [0.25, 0.3) is 10.9 Å². The summed E-state index contributed by atoms with van der Waals surface area (Å²) in [5, 5.41) is 13.8. The third-order valence-corrected chi connectivity index (χ3v) is 5.59. The topological polar surface area (TPSA) is 108 Å². The highest BCUT2D eigenvalue weighted by atomic mass is 16.3. The zero-order valence-corrected chi connectivity index (χ0v) is 16.5. The molecule has 1 atom stereocenters. The molecule has 0 spiro atoms. The number of fused-ring (bicyclic) bond motifs is 1. The van der Waals surface area contributed by atoms with Gasteiger partial charge in [0.25, 0.3) is 5.56 Å². The van der Waals surface area contributed by atoms with Gasteiger partial charge in [0.15, 0.2) is 0 Å². The number of rotatable bonds is 5. The molecule has 1 amide bonds. The minimum Gasteiger partial charge on any atom is -0.393 e. The van der Waals surface area contributed by atoms with Crippen molar-refractivity contribution in [2.75, 3.05) is 0 Å². The van der Waals surface area contributed by atoms with Gasteiger partial charge >= 0.3 is 0 Å². The molecule has 1 aromatic carbocycles. The van der Waals surface area contributed by atoms with Gasteiger partial charge in [-0.25, -0.2) is 4.98 Å². The van der Waals surface area contributed by atoms with Crippen LogP contribution in [0.3, 0.4) is 0 Å². The minimum atomic E-state index is -0.334. The molecule has 1 fully saturated rings. The van der Waals surface area contributed by atoms with Crippen molar-refractivity contribution in [2.24, 2.45) is 5.92 Å². The Bertz CT molecular complexity index is 1120. The number of para-hydroxylation sites is 1. The number of nitrogens with zero attached hydrogens (tertiary/aromatic N) is 2. The van der Waals surface area contributed by atoms with E-state index in [1.165, 1.54) is 0 Å². The van der Waals surface area contributed by atoms with Crippen LogP contribution in [0.1, 0.15) is 41.5 Å². The maximum Gasteiger partial charge on any atom is 0.254 e. The number of hydrogen-bond acceptors (Lipinski definition) is 5. The summed E-state index contributed by atoms with van der Waals surface area (Å²) in [6.07, 6.45) is 2.66. The maximum atomic E-state index is 12.8. The second-order valence-corrected chi connectivity index (χ2v) is 7.78. The largest absolute Gasteiger partial charge is 0.393 e. The third-order valence-electron chi connectivity index (χ3n) is 5.59. The summed E-state index contributed by atoms with van der Waals surface area (Å²) in [6.45, 7) is 3.45. The molecule has 4 rings (SSSR count). The van der Waals surface area contributed by atoms with Crippen LogP contribution in [0.2, 0.25) is 0 Å². The number of nitrogens with one attached hydrogen (secondary N) is 2. The van der Waals surface area contributed by atoms with E-state index in [4.69, 9.17) is 0 Å². The number of benzene rings is 1. The Hall–Kier alpha value is -3.06. The van der Waals surface area contributed by atoms with Crippen LogP contribution >= 0.6 is 0 Å². The number of hydrogen-bond donors (Lipinski definition) is 3. The zero-order chi connectivity index (χ0) is 20.5. The van der Waals surface area contributed by atoms with Crippen molar-refractivity contribution in [3.63, 3.8) is 0 Å². The lowest BCUT2D eigenvalue weighted by Gasteiger charge is -2.38. The number of carbonyl (C=O) groups is 1. The molecule has 2 heterocycles. The predicted octanol–water partition coefficient (Wildman–Crippen LogP) is 2.11. The summed E-state index contributed by atoms with van der Waals surface area (Å²) in [5.41, 5.74) is 2.44. The van der Waals surface area contributed by atoms with Crippen molar-refractivity contribution in [1.29, 1.82) is 0 Å². The predicted molar refractivity (Wildman–Crippen MR) is 109 cm³/mol. The highest BCUT2D eigenvalue weighted by Gasteiger charge is 2.36. The van der Waals surface area contributed by atoms with E-state index in [1.807, 2.05) is 30.3 Å². The molecule has 0 unspecified atom stereocenters. The Labute approximate surface area is 168 Å². The van der Waals surface area contributed by atoms with E-state index in [0.717, 1.165) is 16.5 Å². The molecule has 3 N–H and O–H groups in total. The highest BCUT2D eigenvalue weighted by molar-refractivity contribution is 5.81. The van der Waals surface area contributed by atoms with Crippen molar-refractivity contribution >= 4 is 16.8 Å². The SMILES string of the molecule is Cc1nc(C)c(CC(=O)N[C@@H](c2cnc3ccccc3c2)C2CC(O)C2)c(=O)[nH]1. The summed E-state index contributed by atoms with van der Waals surface area (Å²) in [7, 11) is 0. The highest BCUT2D eigenvalue weighted by Crippen LogP contribution is 2.38.